The molecule has 4 aromatic rings. The molecule has 0 radical (unpaired) electrons. The molecule has 0 aliphatic carbocycles. The summed E-state index contributed by atoms with van der Waals surface area (Å²) in [5.41, 5.74) is 3.20. The van der Waals surface area contributed by atoms with Crippen molar-refractivity contribution in [1.82, 2.24) is 9.88 Å². The molecule has 0 saturated carbocycles. The van der Waals surface area contributed by atoms with Crippen molar-refractivity contribution in [3.63, 3.8) is 0 Å². The summed E-state index contributed by atoms with van der Waals surface area (Å²) in [6.45, 7) is 0.295. The van der Waals surface area contributed by atoms with E-state index in [1.54, 1.807) is 36.3 Å². The van der Waals surface area contributed by atoms with Gasteiger partial charge in [-0.15, -0.1) is 0 Å². The minimum atomic E-state index is -0.711. The fraction of sp³-hybridized carbons (Fsp3) is 0.172. The molecule has 1 aromatic heterocycles. The molecule has 1 unspecified atom stereocenters. The number of H-pyrrole nitrogens is 1. The molecule has 1 aliphatic rings. The van der Waals surface area contributed by atoms with Crippen LogP contribution < -0.4 is 9.47 Å². The number of nitrogens with one attached hydrogen (secondary N) is 1. The number of ketones is 1. The number of ether oxygens (including phenoxy) is 2. The number of aliphatic hydroxyl groups excluding tert-OH is 1. The second-order valence-electron chi connectivity index (χ2n) is 8.61. The number of carbonyl (C=O) groups excluding carboxylic acids is 2. The maximum atomic E-state index is 13.3. The third-order valence-corrected chi connectivity index (χ3v) is 6.60. The van der Waals surface area contributed by atoms with Gasteiger partial charge >= 0.3 is 0 Å². The number of rotatable bonds is 7. The summed E-state index contributed by atoms with van der Waals surface area (Å²) in [5, 5.41) is 12.2. The van der Waals surface area contributed by atoms with Crippen molar-refractivity contribution in [3.05, 3.63) is 101 Å². The predicted molar refractivity (Wildman–Crippen MR) is 137 cm³/mol. The van der Waals surface area contributed by atoms with E-state index >= 15 is 0 Å². The molecule has 0 bridgehead atoms. The Bertz CT molecular complexity index is 1470. The van der Waals surface area contributed by atoms with Gasteiger partial charge in [0.05, 0.1) is 25.8 Å². The summed E-state index contributed by atoms with van der Waals surface area (Å²) in [7, 11) is 3.15. The number of aromatic nitrogens is 1. The van der Waals surface area contributed by atoms with Crippen LogP contribution >= 0.6 is 0 Å². The zero-order valence-electron chi connectivity index (χ0n) is 20.0. The summed E-state index contributed by atoms with van der Waals surface area (Å²) in [5.74, 6) is -0.276. The molecule has 0 spiro atoms. The third kappa shape index (κ3) is 4.09. The number of carbonyl (C=O) groups is 2. The van der Waals surface area contributed by atoms with Gasteiger partial charge < -0.3 is 24.5 Å². The van der Waals surface area contributed by atoms with Crippen LogP contribution in [0, 0.1) is 0 Å². The van der Waals surface area contributed by atoms with E-state index in [2.05, 4.69) is 4.98 Å². The molecule has 7 nitrogen and oxygen atoms in total. The molecule has 3 aromatic carbocycles. The van der Waals surface area contributed by atoms with Crippen molar-refractivity contribution >= 4 is 28.4 Å². The first-order chi connectivity index (χ1) is 17.5. The second kappa shape index (κ2) is 9.62. The van der Waals surface area contributed by atoms with Gasteiger partial charge in [-0.1, -0.05) is 42.5 Å². The number of fused-ring (bicyclic) bond motifs is 1. The summed E-state index contributed by atoms with van der Waals surface area (Å²) in [6, 6.07) is 21.2. The quantitative estimate of drug-likeness (QED) is 0.223. The van der Waals surface area contributed by atoms with Gasteiger partial charge in [-0.2, -0.15) is 0 Å². The maximum Gasteiger partial charge on any atom is 0.295 e. The number of hydrogen-bond acceptors (Lipinski definition) is 5. The van der Waals surface area contributed by atoms with Gasteiger partial charge in [-0.05, 0) is 47.9 Å². The molecule has 2 N–H and O–H groups in total. The van der Waals surface area contributed by atoms with E-state index in [4.69, 9.17) is 9.47 Å². The van der Waals surface area contributed by atoms with Crippen molar-refractivity contribution in [2.45, 2.75) is 12.5 Å². The number of methoxy groups -OCH3 is 2. The lowest BCUT2D eigenvalue weighted by Crippen LogP contribution is -2.31. The van der Waals surface area contributed by atoms with E-state index in [1.165, 1.54) is 7.11 Å². The van der Waals surface area contributed by atoms with E-state index in [-0.39, 0.29) is 11.3 Å². The number of hydrogen-bond donors (Lipinski definition) is 2. The summed E-state index contributed by atoms with van der Waals surface area (Å²) in [4.78, 5) is 31.3. The predicted octanol–water partition coefficient (Wildman–Crippen LogP) is 4.85. The van der Waals surface area contributed by atoms with Crippen molar-refractivity contribution in [1.29, 1.82) is 0 Å². The van der Waals surface area contributed by atoms with Crippen molar-refractivity contribution in [3.8, 4) is 11.5 Å². The van der Waals surface area contributed by atoms with Gasteiger partial charge in [-0.3, -0.25) is 9.59 Å². The van der Waals surface area contributed by atoms with Gasteiger partial charge in [0.2, 0.25) is 0 Å². The van der Waals surface area contributed by atoms with E-state index in [0.29, 0.717) is 24.3 Å². The Morgan fingerprint density at radius 3 is 2.44 bits per heavy atom. The average molecular weight is 483 g/mol. The first-order valence-electron chi connectivity index (χ1n) is 11.6. The second-order valence-corrected chi connectivity index (χ2v) is 8.61. The van der Waals surface area contributed by atoms with E-state index < -0.39 is 17.7 Å². The lowest BCUT2D eigenvalue weighted by Gasteiger charge is -2.25. The van der Waals surface area contributed by atoms with Crippen LogP contribution in [0.1, 0.15) is 22.7 Å². The first-order valence-corrected chi connectivity index (χ1v) is 11.6. The van der Waals surface area contributed by atoms with Crippen LogP contribution in [-0.2, 0) is 16.0 Å². The molecule has 36 heavy (non-hydrogen) atoms. The van der Waals surface area contributed by atoms with Crippen LogP contribution in [-0.4, -0.2) is 47.4 Å². The number of nitrogens with zero attached hydrogens (tertiary/aromatic N) is 1. The highest BCUT2D eigenvalue weighted by Gasteiger charge is 2.45. The van der Waals surface area contributed by atoms with E-state index in [1.807, 2.05) is 54.7 Å². The largest absolute Gasteiger partial charge is 0.507 e. The van der Waals surface area contributed by atoms with E-state index in [0.717, 1.165) is 27.8 Å². The van der Waals surface area contributed by atoms with Crippen LogP contribution in [0.3, 0.4) is 0 Å². The van der Waals surface area contributed by atoms with Gasteiger partial charge in [0.15, 0.2) is 0 Å². The number of benzene rings is 3. The molecule has 182 valence electrons. The highest BCUT2D eigenvalue weighted by molar-refractivity contribution is 6.46. The molecule has 2 heterocycles. The molecule has 7 heteroatoms. The topological polar surface area (TPSA) is 91.9 Å². The number of aliphatic hydroxyl groups is 1. The lowest BCUT2D eigenvalue weighted by molar-refractivity contribution is -0.139. The van der Waals surface area contributed by atoms with Crippen LogP contribution in [0.5, 0.6) is 11.5 Å². The highest BCUT2D eigenvalue weighted by atomic mass is 16.5. The normalized spacial score (nSPS) is 17.1. The van der Waals surface area contributed by atoms with E-state index in [9.17, 15) is 14.7 Å². The Hall–Kier alpha value is -4.52. The van der Waals surface area contributed by atoms with Crippen molar-refractivity contribution in [2.75, 3.05) is 20.8 Å². The fourth-order valence-corrected chi connectivity index (χ4v) is 4.75. The molecular weight excluding hydrogens is 456 g/mol. The molecule has 1 aliphatic heterocycles. The van der Waals surface area contributed by atoms with Crippen LogP contribution in [0.2, 0.25) is 0 Å². The lowest BCUT2D eigenvalue weighted by atomic mass is 9.95. The number of likely N-dealkylation sites (tertiary alicyclic amines) is 1. The van der Waals surface area contributed by atoms with Crippen molar-refractivity contribution in [2.24, 2.45) is 0 Å². The molecule has 1 atom stereocenters. The molecule has 5 rings (SSSR count). The molecule has 1 saturated heterocycles. The summed E-state index contributed by atoms with van der Waals surface area (Å²) < 4.78 is 10.6. The highest BCUT2D eigenvalue weighted by Crippen LogP contribution is 2.40. The molecule has 1 fully saturated rings. The van der Waals surface area contributed by atoms with Gasteiger partial charge in [0.1, 0.15) is 17.3 Å². The standard InChI is InChI=1S/C29H26N2O5/c1-35-21-10-6-9-19(15-21)27(32)25-26(18-7-4-3-5-8-18)31(29(34)28(25)33)14-13-20-17-30-24-12-11-22(36-2)16-23(20)24/h3-12,15-17,26,30,32H,13-14H2,1-2H3/b27-25-. The maximum absolute atomic E-state index is 13.3. The third-order valence-electron chi connectivity index (χ3n) is 6.60. The van der Waals surface area contributed by atoms with Crippen LogP contribution in [0.15, 0.2) is 84.6 Å². The summed E-state index contributed by atoms with van der Waals surface area (Å²) >= 11 is 0. The molecule has 1 amide bonds. The van der Waals surface area contributed by atoms with Crippen molar-refractivity contribution < 1.29 is 24.2 Å². The van der Waals surface area contributed by atoms with Gasteiger partial charge in [-0.25, -0.2) is 0 Å². The average Bonchev–Trinajstić information content (AvgIpc) is 3.44. The van der Waals surface area contributed by atoms with Gasteiger partial charge in [0, 0.05) is 29.2 Å². The summed E-state index contributed by atoms with van der Waals surface area (Å²) in [6.07, 6.45) is 2.43. The first kappa shape index (κ1) is 23.2. The minimum Gasteiger partial charge on any atom is -0.507 e. The SMILES string of the molecule is COc1cccc(/C(O)=C2/C(=O)C(=O)N(CCc3c[nH]c4ccc(OC)cc34)C2c2ccccc2)c1. The Kier molecular flexibility index (Phi) is 6.21. The Balaban J connectivity index is 1.54. The Labute approximate surface area is 208 Å². The Morgan fingerprint density at radius 2 is 1.69 bits per heavy atom. The van der Waals surface area contributed by atoms with Crippen LogP contribution in [0.25, 0.3) is 16.7 Å². The van der Waals surface area contributed by atoms with Gasteiger partial charge in [0.25, 0.3) is 11.7 Å². The number of aromatic amines is 1. The number of amides is 1. The minimum absolute atomic E-state index is 0.0695. The zero-order valence-corrected chi connectivity index (χ0v) is 20.0. The monoisotopic (exact) mass is 482 g/mol. The Morgan fingerprint density at radius 1 is 0.944 bits per heavy atom. The molecular formula is C29H26N2O5. The van der Waals surface area contributed by atoms with Crippen LogP contribution in [0.4, 0.5) is 0 Å². The number of Topliss-reactive ketones (excluding diaryl/α,β-unsaturated/α-hetero) is 1. The fourth-order valence-electron chi connectivity index (χ4n) is 4.75. The zero-order chi connectivity index (χ0) is 25.2. The smallest absolute Gasteiger partial charge is 0.295 e.